The summed E-state index contributed by atoms with van der Waals surface area (Å²) in [7, 11) is 1.52. The SMILES string of the molecule is COc1ncc(Nc2cc(-c3c(C)nc4c(Cl)ccc(-c5cccnc5)n34)co2)cn1. The Hall–Kier alpha value is -3.91. The molecule has 31 heavy (non-hydrogen) atoms. The number of halogens is 1. The zero-order chi connectivity index (χ0) is 21.4. The Morgan fingerprint density at radius 2 is 1.94 bits per heavy atom. The molecule has 5 rings (SSSR count). The predicted molar refractivity (Wildman–Crippen MR) is 118 cm³/mol. The number of hydrogen-bond donors (Lipinski definition) is 1. The van der Waals surface area contributed by atoms with Crippen LogP contribution in [0.5, 0.6) is 6.01 Å². The highest BCUT2D eigenvalue weighted by molar-refractivity contribution is 6.33. The maximum atomic E-state index is 6.47. The van der Waals surface area contributed by atoms with Crippen LogP contribution in [0.4, 0.5) is 11.6 Å². The topological polar surface area (TPSA) is 90.4 Å². The van der Waals surface area contributed by atoms with Crippen molar-refractivity contribution in [3.05, 3.63) is 72.1 Å². The average Bonchev–Trinajstić information content (AvgIpc) is 3.39. The fraction of sp³-hybridized carbons (Fsp3) is 0.0909. The van der Waals surface area contributed by atoms with Crippen molar-refractivity contribution in [2.24, 2.45) is 0 Å². The number of ether oxygens (including phenoxy) is 1. The number of nitrogens with one attached hydrogen (secondary N) is 1. The number of methoxy groups -OCH3 is 1. The highest BCUT2D eigenvalue weighted by Crippen LogP contribution is 2.35. The molecular weight excluding hydrogens is 416 g/mol. The Morgan fingerprint density at radius 3 is 2.68 bits per heavy atom. The van der Waals surface area contributed by atoms with Crippen molar-refractivity contribution in [3.8, 4) is 28.5 Å². The second-order valence-electron chi connectivity index (χ2n) is 6.80. The molecular formula is C22H17ClN6O2. The van der Waals surface area contributed by atoms with Gasteiger partial charge in [0, 0.05) is 29.6 Å². The van der Waals surface area contributed by atoms with E-state index >= 15 is 0 Å². The molecule has 8 nitrogen and oxygen atoms in total. The van der Waals surface area contributed by atoms with Crippen LogP contribution in [0.1, 0.15) is 5.69 Å². The summed E-state index contributed by atoms with van der Waals surface area (Å²) in [6.45, 7) is 1.95. The molecule has 0 aliphatic heterocycles. The van der Waals surface area contributed by atoms with Gasteiger partial charge in [0.2, 0.25) is 0 Å². The van der Waals surface area contributed by atoms with Crippen molar-refractivity contribution in [3.63, 3.8) is 0 Å². The van der Waals surface area contributed by atoms with E-state index in [-0.39, 0.29) is 0 Å². The van der Waals surface area contributed by atoms with Gasteiger partial charge in [0.1, 0.15) is 6.26 Å². The molecule has 154 valence electrons. The van der Waals surface area contributed by atoms with E-state index in [2.05, 4.69) is 20.3 Å². The van der Waals surface area contributed by atoms with Crippen LogP contribution in [-0.2, 0) is 0 Å². The van der Waals surface area contributed by atoms with E-state index < -0.39 is 0 Å². The summed E-state index contributed by atoms with van der Waals surface area (Å²) < 4.78 is 12.8. The van der Waals surface area contributed by atoms with Gasteiger partial charge in [0.15, 0.2) is 11.5 Å². The van der Waals surface area contributed by atoms with Crippen molar-refractivity contribution < 1.29 is 9.15 Å². The summed E-state index contributed by atoms with van der Waals surface area (Å²) >= 11 is 6.47. The van der Waals surface area contributed by atoms with Crippen molar-refractivity contribution in [1.82, 2.24) is 24.3 Å². The molecule has 0 unspecified atom stereocenters. The van der Waals surface area contributed by atoms with E-state index in [0.29, 0.717) is 28.3 Å². The molecule has 5 heterocycles. The standard InChI is InChI=1S/C22H17ClN6O2/c1-13-20(15-8-19(31-12-15)28-16-10-25-22(30-2)26-11-16)29-18(14-4-3-7-24-9-14)6-5-17(23)21(29)27-13/h3-12,28H,1-2H3. The molecule has 0 atom stereocenters. The maximum Gasteiger partial charge on any atom is 0.316 e. The Balaban J connectivity index is 1.59. The summed E-state index contributed by atoms with van der Waals surface area (Å²) in [5.41, 5.74) is 5.82. The second-order valence-corrected chi connectivity index (χ2v) is 7.20. The molecule has 0 saturated carbocycles. The van der Waals surface area contributed by atoms with E-state index in [4.69, 9.17) is 25.7 Å². The summed E-state index contributed by atoms with van der Waals surface area (Å²) in [6.07, 6.45) is 8.47. The monoisotopic (exact) mass is 432 g/mol. The van der Waals surface area contributed by atoms with Gasteiger partial charge in [-0.05, 0) is 31.2 Å². The van der Waals surface area contributed by atoms with Gasteiger partial charge in [-0.2, -0.15) is 0 Å². The molecule has 0 radical (unpaired) electrons. The summed E-state index contributed by atoms with van der Waals surface area (Å²) in [6, 6.07) is 9.91. The fourth-order valence-electron chi connectivity index (χ4n) is 3.46. The van der Waals surface area contributed by atoms with Gasteiger partial charge >= 0.3 is 6.01 Å². The lowest BCUT2D eigenvalue weighted by Gasteiger charge is -2.09. The minimum Gasteiger partial charge on any atom is -0.467 e. The first kappa shape index (κ1) is 19.1. The molecule has 0 amide bonds. The van der Waals surface area contributed by atoms with Crippen LogP contribution in [0.3, 0.4) is 0 Å². The van der Waals surface area contributed by atoms with Crippen LogP contribution in [0.25, 0.3) is 28.2 Å². The normalized spacial score (nSPS) is 11.1. The molecule has 0 aromatic carbocycles. The molecule has 0 saturated heterocycles. The van der Waals surface area contributed by atoms with Gasteiger partial charge in [0.05, 0.1) is 47.3 Å². The minimum absolute atomic E-state index is 0.298. The van der Waals surface area contributed by atoms with Gasteiger partial charge < -0.3 is 14.5 Å². The van der Waals surface area contributed by atoms with Gasteiger partial charge in [-0.15, -0.1) is 0 Å². The maximum absolute atomic E-state index is 6.47. The third-order valence-corrected chi connectivity index (χ3v) is 5.10. The van der Waals surface area contributed by atoms with Gasteiger partial charge in [-0.1, -0.05) is 11.6 Å². The highest BCUT2D eigenvalue weighted by Gasteiger charge is 2.19. The third-order valence-electron chi connectivity index (χ3n) is 4.80. The Morgan fingerprint density at radius 1 is 1.10 bits per heavy atom. The van der Waals surface area contributed by atoms with Crippen LogP contribution in [0.2, 0.25) is 5.02 Å². The smallest absolute Gasteiger partial charge is 0.316 e. The van der Waals surface area contributed by atoms with Gasteiger partial charge in [-0.25, -0.2) is 15.0 Å². The van der Waals surface area contributed by atoms with Crippen molar-refractivity contribution >= 4 is 28.8 Å². The summed E-state index contributed by atoms with van der Waals surface area (Å²) in [5, 5.41) is 3.72. The number of pyridine rings is 2. The lowest BCUT2D eigenvalue weighted by Crippen LogP contribution is -1.96. The predicted octanol–water partition coefficient (Wildman–Crippen LogP) is 5.16. The number of imidazole rings is 1. The third kappa shape index (κ3) is 3.47. The fourth-order valence-corrected chi connectivity index (χ4v) is 3.65. The van der Waals surface area contributed by atoms with E-state index in [1.54, 1.807) is 24.9 Å². The number of fused-ring (bicyclic) bond motifs is 1. The Labute approximate surface area is 182 Å². The molecule has 0 aliphatic rings. The van der Waals surface area contributed by atoms with Crippen molar-refractivity contribution in [1.29, 1.82) is 0 Å². The first-order valence-electron chi connectivity index (χ1n) is 9.44. The second kappa shape index (κ2) is 7.73. The number of aryl methyl sites for hydroxylation is 1. The number of anilines is 2. The molecule has 9 heteroatoms. The summed E-state index contributed by atoms with van der Waals surface area (Å²) in [4.78, 5) is 17.1. The first-order chi connectivity index (χ1) is 15.1. The minimum atomic E-state index is 0.298. The quantitative estimate of drug-likeness (QED) is 0.410. The van der Waals surface area contributed by atoms with Crippen LogP contribution in [-0.4, -0.2) is 31.4 Å². The molecule has 5 aromatic rings. The molecule has 0 bridgehead atoms. The van der Waals surface area contributed by atoms with E-state index in [1.165, 1.54) is 7.11 Å². The number of rotatable bonds is 5. The summed E-state index contributed by atoms with van der Waals surface area (Å²) in [5.74, 6) is 0.545. The first-order valence-corrected chi connectivity index (χ1v) is 9.82. The van der Waals surface area contributed by atoms with Crippen molar-refractivity contribution in [2.45, 2.75) is 6.92 Å². The Bertz CT molecular complexity index is 1360. The lowest BCUT2D eigenvalue weighted by atomic mass is 10.1. The van der Waals surface area contributed by atoms with Crippen molar-refractivity contribution in [2.75, 3.05) is 12.4 Å². The molecule has 0 fully saturated rings. The molecule has 0 aliphatic carbocycles. The van der Waals surface area contributed by atoms with Crippen LogP contribution in [0, 0.1) is 6.92 Å². The number of hydrogen-bond acceptors (Lipinski definition) is 7. The molecule has 1 N–H and O–H groups in total. The van der Waals surface area contributed by atoms with Crippen LogP contribution >= 0.6 is 11.6 Å². The zero-order valence-electron chi connectivity index (χ0n) is 16.7. The number of nitrogens with zero attached hydrogens (tertiary/aromatic N) is 5. The number of aromatic nitrogens is 5. The average molecular weight is 433 g/mol. The van der Waals surface area contributed by atoms with Crippen LogP contribution < -0.4 is 10.1 Å². The lowest BCUT2D eigenvalue weighted by molar-refractivity contribution is 0.380. The zero-order valence-corrected chi connectivity index (χ0v) is 17.5. The van der Waals surface area contributed by atoms with Gasteiger partial charge in [-0.3, -0.25) is 9.38 Å². The molecule has 0 spiro atoms. The van der Waals surface area contributed by atoms with E-state index in [0.717, 1.165) is 28.2 Å². The largest absolute Gasteiger partial charge is 0.467 e. The van der Waals surface area contributed by atoms with E-state index in [1.807, 2.05) is 47.9 Å². The highest BCUT2D eigenvalue weighted by atomic mass is 35.5. The molecule has 5 aromatic heterocycles. The number of furan rings is 1. The Kier molecular flexibility index (Phi) is 4.76. The van der Waals surface area contributed by atoms with E-state index in [9.17, 15) is 0 Å². The van der Waals surface area contributed by atoms with Gasteiger partial charge in [0.25, 0.3) is 0 Å². The van der Waals surface area contributed by atoms with Crippen LogP contribution in [0.15, 0.2) is 65.8 Å².